The number of alkyl halides is 2. The van der Waals surface area contributed by atoms with Crippen molar-refractivity contribution in [3.63, 3.8) is 0 Å². The van der Waals surface area contributed by atoms with E-state index in [1.165, 1.54) is 22.3 Å². The average Bonchev–Trinajstić information content (AvgIpc) is 2.50. The maximum atomic E-state index is 6.82. The molecular formula is C18H16Cl2. The van der Waals surface area contributed by atoms with Gasteiger partial charge in [0.25, 0.3) is 0 Å². The average molecular weight is 303 g/mol. The van der Waals surface area contributed by atoms with Crippen LogP contribution < -0.4 is 0 Å². The van der Waals surface area contributed by atoms with Crippen molar-refractivity contribution in [1.29, 1.82) is 0 Å². The third kappa shape index (κ3) is 1.17. The van der Waals surface area contributed by atoms with Gasteiger partial charge in [0.1, 0.15) is 0 Å². The molecule has 0 spiro atoms. The molecule has 2 bridgehead atoms. The van der Waals surface area contributed by atoms with Crippen LogP contribution >= 0.6 is 23.2 Å². The van der Waals surface area contributed by atoms with Gasteiger partial charge in [-0.3, -0.25) is 0 Å². The van der Waals surface area contributed by atoms with E-state index >= 15 is 0 Å². The van der Waals surface area contributed by atoms with Crippen molar-refractivity contribution in [2.75, 3.05) is 0 Å². The van der Waals surface area contributed by atoms with E-state index in [-0.39, 0.29) is 21.6 Å². The summed E-state index contributed by atoms with van der Waals surface area (Å²) < 4.78 is 0. The smallest absolute Gasteiger partial charge is 0.0646 e. The summed E-state index contributed by atoms with van der Waals surface area (Å²) in [5.74, 6) is 0. The number of hydrogen-bond acceptors (Lipinski definition) is 0. The van der Waals surface area contributed by atoms with Gasteiger partial charge in [-0.1, -0.05) is 48.5 Å². The van der Waals surface area contributed by atoms with E-state index < -0.39 is 0 Å². The molecule has 2 atom stereocenters. The number of benzene rings is 2. The molecule has 0 aliphatic heterocycles. The van der Waals surface area contributed by atoms with E-state index in [1.807, 2.05) is 0 Å². The van der Waals surface area contributed by atoms with Crippen LogP contribution in [0.3, 0.4) is 0 Å². The van der Waals surface area contributed by atoms with Gasteiger partial charge in [0.2, 0.25) is 0 Å². The van der Waals surface area contributed by atoms with E-state index in [1.54, 1.807) is 0 Å². The van der Waals surface area contributed by atoms with Crippen molar-refractivity contribution >= 4 is 23.2 Å². The lowest BCUT2D eigenvalue weighted by Gasteiger charge is -2.58. The minimum Gasteiger partial charge on any atom is -0.120 e. The molecule has 20 heavy (non-hydrogen) atoms. The van der Waals surface area contributed by atoms with Crippen molar-refractivity contribution in [2.24, 2.45) is 0 Å². The molecule has 0 nitrogen and oxygen atoms in total. The fourth-order valence-electron chi connectivity index (χ4n) is 4.25. The van der Waals surface area contributed by atoms with E-state index in [4.69, 9.17) is 23.2 Å². The SMILES string of the molecule is CC12c3ccccc3C(C)(c3ccccc31)[C@H](Cl)[C@H]2Cl. The van der Waals surface area contributed by atoms with Gasteiger partial charge in [0, 0.05) is 10.8 Å². The Kier molecular flexibility index (Phi) is 2.43. The Labute approximate surface area is 129 Å². The lowest BCUT2D eigenvalue weighted by Crippen LogP contribution is -2.60. The normalized spacial score (nSPS) is 37.4. The molecule has 102 valence electrons. The van der Waals surface area contributed by atoms with E-state index in [9.17, 15) is 0 Å². The second kappa shape index (κ2) is 3.81. The molecule has 0 N–H and O–H groups in total. The molecule has 5 rings (SSSR count). The van der Waals surface area contributed by atoms with Crippen molar-refractivity contribution in [3.8, 4) is 0 Å². The van der Waals surface area contributed by atoms with Crippen molar-refractivity contribution in [1.82, 2.24) is 0 Å². The standard InChI is InChI=1S/C18H16Cl2/c1-17-11-7-3-5-9-13(11)18(2,16(20)15(17)19)14-10-6-4-8-12(14)17/h3-10,15-16H,1-2H3/t15-,16-,17?,18?/m1/s1. The predicted molar refractivity (Wildman–Crippen MR) is 85.1 cm³/mol. The zero-order valence-corrected chi connectivity index (χ0v) is 13.0. The van der Waals surface area contributed by atoms with Crippen LogP contribution in [0.15, 0.2) is 48.5 Å². The molecule has 0 aromatic heterocycles. The quantitative estimate of drug-likeness (QED) is 0.611. The second-order valence-electron chi connectivity index (χ2n) is 6.30. The lowest BCUT2D eigenvalue weighted by atomic mass is 9.50. The zero-order valence-electron chi connectivity index (χ0n) is 11.5. The van der Waals surface area contributed by atoms with Crippen LogP contribution in [0.2, 0.25) is 0 Å². The highest BCUT2D eigenvalue weighted by molar-refractivity contribution is 6.32. The molecule has 0 saturated heterocycles. The predicted octanol–water partition coefficient (Wildman–Crippen LogP) is 4.84. The minimum atomic E-state index is -0.209. The Morgan fingerprint density at radius 2 is 0.900 bits per heavy atom. The van der Waals surface area contributed by atoms with Gasteiger partial charge in [-0.2, -0.15) is 0 Å². The summed E-state index contributed by atoms with van der Waals surface area (Å²) in [4.78, 5) is 0. The molecule has 2 aromatic carbocycles. The number of hydrogen-bond donors (Lipinski definition) is 0. The summed E-state index contributed by atoms with van der Waals surface area (Å²) in [6.45, 7) is 4.47. The highest BCUT2D eigenvalue weighted by Gasteiger charge is 2.60. The van der Waals surface area contributed by atoms with Crippen LogP contribution in [0.5, 0.6) is 0 Å². The maximum Gasteiger partial charge on any atom is 0.0646 e. The Balaban J connectivity index is 2.20. The number of fused-ring (bicyclic) bond motifs is 1. The first-order chi connectivity index (χ1) is 9.52. The van der Waals surface area contributed by atoms with Gasteiger partial charge < -0.3 is 0 Å². The van der Waals surface area contributed by atoms with Crippen molar-refractivity contribution < 1.29 is 0 Å². The van der Waals surface area contributed by atoms with Crippen LogP contribution in [-0.4, -0.2) is 10.8 Å². The largest absolute Gasteiger partial charge is 0.120 e. The Morgan fingerprint density at radius 1 is 0.650 bits per heavy atom. The molecule has 0 unspecified atom stereocenters. The first kappa shape index (κ1) is 12.7. The summed E-state index contributed by atoms with van der Waals surface area (Å²) in [6, 6.07) is 17.2. The van der Waals surface area contributed by atoms with Gasteiger partial charge in [0.15, 0.2) is 0 Å². The van der Waals surface area contributed by atoms with Gasteiger partial charge in [-0.25, -0.2) is 0 Å². The molecule has 0 radical (unpaired) electrons. The van der Waals surface area contributed by atoms with E-state index in [0.29, 0.717) is 0 Å². The molecule has 2 heteroatoms. The Morgan fingerprint density at radius 3 is 1.15 bits per heavy atom. The minimum absolute atomic E-state index is 0.0982. The monoisotopic (exact) mass is 302 g/mol. The molecular weight excluding hydrogens is 287 g/mol. The van der Waals surface area contributed by atoms with Gasteiger partial charge in [-0.15, -0.1) is 23.2 Å². The third-order valence-electron chi connectivity index (χ3n) is 5.45. The highest BCUT2D eigenvalue weighted by atomic mass is 35.5. The van der Waals surface area contributed by atoms with Crippen LogP contribution in [0.1, 0.15) is 36.1 Å². The zero-order chi connectivity index (χ0) is 14.1. The van der Waals surface area contributed by atoms with Gasteiger partial charge >= 0.3 is 0 Å². The fourth-order valence-corrected chi connectivity index (χ4v) is 5.22. The van der Waals surface area contributed by atoms with E-state index in [0.717, 1.165) is 0 Å². The van der Waals surface area contributed by atoms with Crippen molar-refractivity contribution in [2.45, 2.75) is 35.4 Å². The number of halogens is 2. The maximum absolute atomic E-state index is 6.82. The molecule has 0 fully saturated rings. The summed E-state index contributed by atoms with van der Waals surface area (Å²) in [5.41, 5.74) is 4.91. The molecule has 0 heterocycles. The van der Waals surface area contributed by atoms with Crippen LogP contribution in [0.25, 0.3) is 0 Å². The summed E-state index contributed by atoms with van der Waals surface area (Å²) in [7, 11) is 0. The molecule has 2 aromatic rings. The van der Waals surface area contributed by atoms with Crippen LogP contribution in [0, 0.1) is 0 Å². The molecule has 3 aliphatic rings. The van der Waals surface area contributed by atoms with Crippen LogP contribution in [-0.2, 0) is 10.8 Å². The van der Waals surface area contributed by atoms with Gasteiger partial charge in [-0.05, 0) is 36.1 Å². The second-order valence-corrected chi connectivity index (χ2v) is 7.24. The van der Waals surface area contributed by atoms with Gasteiger partial charge in [0.05, 0.1) is 10.8 Å². The van der Waals surface area contributed by atoms with E-state index in [2.05, 4.69) is 62.4 Å². The molecule has 0 amide bonds. The number of rotatable bonds is 0. The van der Waals surface area contributed by atoms with Crippen molar-refractivity contribution in [3.05, 3.63) is 70.8 Å². The first-order valence-corrected chi connectivity index (χ1v) is 7.87. The Bertz CT molecular complexity index is 597. The summed E-state index contributed by atoms with van der Waals surface area (Å²) >= 11 is 13.6. The summed E-state index contributed by atoms with van der Waals surface area (Å²) in [5, 5.41) is -0.196. The lowest BCUT2D eigenvalue weighted by molar-refractivity contribution is 0.340. The van der Waals surface area contributed by atoms with Crippen LogP contribution in [0.4, 0.5) is 0 Å². The molecule has 0 saturated carbocycles. The Hall–Kier alpha value is -0.980. The first-order valence-electron chi connectivity index (χ1n) is 7.00. The topological polar surface area (TPSA) is 0 Å². The highest BCUT2D eigenvalue weighted by Crippen LogP contribution is 2.61. The molecule has 3 aliphatic carbocycles. The fraction of sp³-hybridized carbons (Fsp3) is 0.333. The third-order valence-corrected chi connectivity index (χ3v) is 6.96. The summed E-state index contributed by atoms with van der Waals surface area (Å²) in [6.07, 6.45) is 0.